The Morgan fingerprint density at radius 3 is 2.54 bits per heavy atom. The van der Waals surface area contributed by atoms with E-state index in [2.05, 4.69) is 0 Å². The molecule has 0 aromatic heterocycles. The van der Waals surface area contributed by atoms with Crippen molar-refractivity contribution >= 4 is 29.3 Å². The van der Waals surface area contributed by atoms with E-state index in [9.17, 15) is 9.59 Å². The highest BCUT2D eigenvalue weighted by Crippen LogP contribution is 2.28. The van der Waals surface area contributed by atoms with Gasteiger partial charge < -0.3 is 9.64 Å². The first-order chi connectivity index (χ1) is 11.6. The minimum absolute atomic E-state index is 0.186. The molecule has 0 bridgehead atoms. The summed E-state index contributed by atoms with van der Waals surface area (Å²) in [6.07, 6.45) is 1.99. The highest BCUT2D eigenvalue weighted by molar-refractivity contribution is 7.98. The molecule has 3 rings (SSSR count). The summed E-state index contributed by atoms with van der Waals surface area (Å²) in [5, 5.41) is 0. The lowest BCUT2D eigenvalue weighted by Gasteiger charge is -2.21. The largest absolute Gasteiger partial charge is 0.449 e. The molecule has 1 amide bonds. The normalized spacial score (nSPS) is 14.2. The van der Waals surface area contributed by atoms with Gasteiger partial charge in [0.05, 0.1) is 5.56 Å². The average Bonchev–Trinajstić information content (AvgIpc) is 3.05. The Kier molecular flexibility index (Phi) is 4.90. The molecule has 0 saturated carbocycles. The molecule has 0 radical (unpaired) electrons. The lowest BCUT2D eigenvalue weighted by Crippen LogP contribution is -2.39. The Morgan fingerprint density at radius 2 is 1.83 bits per heavy atom. The third kappa shape index (κ3) is 3.31. The molecule has 0 aliphatic carbocycles. The first kappa shape index (κ1) is 16.6. The zero-order chi connectivity index (χ0) is 17.1. The number of carbonyl (C=O) groups excluding carboxylic acids is 2. The number of ether oxygens (including phenoxy) is 1. The third-order valence-corrected chi connectivity index (χ3v) is 4.85. The van der Waals surface area contributed by atoms with Gasteiger partial charge in [0.1, 0.15) is 0 Å². The Hall–Kier alpha value is -2.27. The van der Waals surface area contributed by atoms with Gasteiger partial charge in [0, 0.05) is 17.1 Å². The second kappa shape index (κ2) is 7.09. The van der Waals surface area contributed by atoms with Crippen molar-refractivity contribution in [1.82, 2.24) is 0 Å². The van der Waals surface area contributed by atoms with Gasteiger partial charge in [0.25, 0.3) is 5.91 Å². The molecule has 0 spiro atoms. The molecule has 1 heterocycles. The van der Waals surface area contributed by atoms with Gasteiger partial charge in [-0.15, -0.1) is 11.8 Å². The summed E-state index contributed by atoms with van der Waals surface area (Å²) in [7, 11) is 0. The standard InChI is InChI=1S/C19H19NO3S/c1-13(23-19(22)15-7-9-16(24-2)10-8-15)18(21)20-12-11-14-5-3-4-6-17(14)20/h3-10,13H,11-12H2,1-2H3/t13-/m1/s1. The van der Waals surface area contributed by atoms with Crippen molar-refractivity contribution < 1.29 is 14.3 Å². The number of anilines is 1. The quantitative estimate of drug-likeness (QED) is 0.630. The van der Waals surface area contributed by atoms with Gasteiger partial charge in [-0.2, -0.15) is 0 Å². The van der Waals surface area contributed by atoms with E-state index in [0.717, 1.165) is 22.6 Å². The predicted octanol–water partition coefficient (Wildman–Crippen LogP) is 3.54. The van der Waals surface area contributed by atoms with Gasteiger partial charge in [0.15, 0.2) is 6.10 Å². The monoisotopic (exact) mass is 341 g/mol. The molecular formula is C19H19NO3S. The molecule has 2 aromatic carbocycles. The number of rotatable bonds is 4. The van der Waals surface area contributed by atoms with E-state index in [1.165, 1.54) is 0 Å². The van der Waals surface area contributed by atoms with E-state index >= 15 is 0 Å². The van der Waals surface area contributed by atoms with Crippen LogP contribution in [0.15, 0.2) is 53.4 Å². The highest BCUT2D eigenvalue weighted by atomic mass is 32.2. The summed E-state index contributed by atoms with van der Waals surface area (Å²) in [5.41, 5.74) is 2.51. The van der Waals surface area contributed by atoms with Crippen molar-refractivity contribution in [3.05, 3.63) is 59.7 Å². The molecule has 24 heavy (non-hydrogen) atoms. The molecule has 1 aliphatic heterocycles. The van der Waals surface area contributed by atoms with Crippen LogP contribution in [0.3, 0.4) is 0 Å². The molecule has 4 nitrogen and oxygen atoms in total. The molecule has 1 aliphatic rings. The van der Waals surface area contributed by atoms with E-state index < -0.39 is 12.1 Å². The topological polar surface area (TPSA) is 46.6 Å². The van der Waals surface area contributed by atoms with Crippen LogP contribution in [-0.2, 0) is 16.0 Å². The number of thioether (sulfide) groups is 1. The summed E-state index contributed by atoms with van der Waals surface area (Å²) in [6.45, 7) is 2.25. The molecule has 124 valence electrons. The fourth-order valence-electron chi connectivity index (χ4n) is 2.79. The minimum atomic E-state index is -0.816. The number of hydrogen-bond donors (Lipinski definition) is 0. The Balaban J connectivity index is 1.67. The third-order valence-electron chi connectivity index (χ3n) is 4.11. The van der Waals surface area contributed by atoms with Crippen LogP contribution in [0.4, 0.5) is 5.69 Å². The smallest absolute Gasteiger partial charge is 0.338 e. The Morgan fingerprint density at radius 1 is 1.12 bits per heavy atom. The van der Waals surface area contributed by atoms with Crippen LogP contribution in [0.25, 0.3) is 0 Å². The fourth-order valence-corrected chi connectivity index (χ4v) is 3.20. The molecule has 0 unspecified atom stereocenters. The summed E-state index contributed by atoms with van der Waals surface area (Å²) in [5.74, 6) is -0.662. The highest BCUT2D eigenvalue weighted by Gasteiger charge is 2.29. The number of amides is 1. The number of fused-ring (bicyclic) bond motifs is 1. The first-order valence-corrected chi connectivity index (χ1v) is 9.07. The van der Waals surface area contributed by atoms with Crippen LogP contribution < -0.4 is 4.90 Å². The number of hydrogen-bond acceptors (Lipinski definition) is 4. The molecule has 2 aromatic rings. The van der Waals surface area contributed by atoms with E-state index in [-0.39, 0.29) is 5.91 Å². The van der Waals surface area contributed by atoms with Crippen molar-refractivity contribution in [3.8, 4) is 0 Å². The van der Waals surface area contributed by atoms with E-state index in [0.29, 0.717) is 12.1 Å². The fraction of sp³-hybridized carbons (Fsp3) is 0.263. The van der Waals surface area contributed by atoms with Gasteiger partial charge in [-0.3, -0.25) is 4.79 Å². The number of para-hydroxylation sites is 1. The average molecular weight is 341 g/mol. The summed E-state index contributed by atoms with van der Waals surface area (Å²) in [4.78, 5) is 27.6. The number of esters is 1. The summed E-state index contributed by atoms with van der Waals surface area (Å²) in [6, 6.07) is 15.0. The molecule has 5 heteroatoms. The number of benzene rings is 2. The molecular weight excluding hydrogens is 322 g/mol. The van der Waals surface area contributed by atoms with Crippen molar-refractivity contribution in [3.63, 3.8) is 0 Å². The Labute approximate surface area is 145 Å². The lowest BCUT2D eigenvalue weighted by atomic mass is 10.2. The SMILES string of the molecule is CSc1ccc(C(=O)O[C@H](C)C(=O)N2CCc3ccccc32)cc1. The van der Waals surface area contributed by atoms with Crippen LogP contribution in [0.1, 0.15) is 22.8 Å². The maximum Gasteiger partial charge on any atom is 0.338 e. The van der Waals surface area contributed by atoms with Gasteiger partial charge in [0.2, 0.25) is 0 Å². The van der Waals surface area contributed by atoms with E-state index in [1.54, 1.807) is 35.7 Å². The van der Waals surface area contributed by atoms with Crippen LogP contribution in [0.5, 0.6) is 0 Å². The van der Waals surface area contributed by atoms with Crippen molar-refractivity contribution in [2.45, 2.75) is 24.3 Å². The van der Waals surface area contributed by atoms with Crippen LogP contribution in [-0.4, -0.2) is 30.8 Å². The molecule has 0 saturated heterocycles. The van der Waals surface area contributed by atoms with Crippen LogP contribution in [0, 0.1) is 0 Å². The minimum Gasteiger partial charge on any atom is -0.449 e. The second-order valence-corrected chi connectivity index (χ2v) is 6.52. The molecule has 0 fully saturated rings. The summed E-state index contributed by atoms with van der Waals surface area (Å²) >= 11 is 1.61. The number of nitrogens with zero attached hydrogens (tertiary/aromatic N) is 1. The van der Waals surface area contributed by atoms with Gasteiger partial charge in [-0.1, -0.05) is 18.2 Å². The first-order valence-electron chi connectivity index (χ1n) is 7.84. The van der Waals surface area contributed by atoms with Crippen molar-refractivity contribution in [1.29, 1.82) is 0 Å². The Bertz CT molecular complexity index is 757. The van der Waals surface area contributed by atoms with E-state index in [4.69, 9.17) is 4.74 Å². The zero-order valence-corrected chi connectivity index (χ0v) is 14.5. The zero-order valence-electron chi connectivity index (χ0n) is 13.7. The number of carbonyl (C=O) groups is 2. The maximum atomic E-state index is 12.6. The van der Waals surface area contributed by atoms with Crippen LogP contribution in [0.2, 0.25) is 0 Å². The van der Waals surface area contributed by atoms with Gasteiger partial charge >= 0.3 is 5.97 Å². The summed E-state index contributed by atoms with van der Waals surface area (Å²) < 4.78 is 5.36. The van der Waals surface area contributed by atoms with Crippen molar-refractivity contribution in [2.75, 3.05) is 17.7 Å². The lowest BCUT2D eigenvalue weighted by molar-refractivity contribution is -0.126. The molecule has 1 atom stereocenters. The van der Waals surface area contributed by atoms with Gasteiger partial charge in [-0.25, -0.2) is 4.79 Å². The maximum absolute atomic E-state index is 12.6. The predicted molar refractivity (Wildman–Crippen MR) is 95.6 cm³/mol. The van der Waals surface area contributed by atoms with E-state index in [1.807, 2.05) is 42.7 Å². The molecule has 0 N–H and O–H groups in total. The van der Waals surface area contributed by atoms with Gasteiger partial charge in [-0.05, 0) is 55.5 Å². The van der Waals surface area contributed by atoms with Crippen LogP contribution >= 0.6 is 11.8 Å². The second-order valence-electron chi connectivity index (χ2n) is 5.64. The van der Waals surface area contributed by atoms with Crippen molar-refractivity contribution in [2.24, 2.45) is 0 Å².